The van der Waals surface area contributed by atoms with E-state index in [0.29, 0.717) is 13.0 Å². The predicted molar refractivity (Wildman–Crippen MR) is 79.5 cm³/mol. The third-order valence-electron chi connectivity index (χ3n) is 3.47. The quantitative estimate of drug-likeness (QED) is 0.844. The molecular formula is C16H23NO4. The summed E-state index contributed by atoms with van der Waals surface area (Å²) in [5.41, 5.74) is 1.12. The van der Waals surface area contributed by atoms with E-state index < -0.39 is 12.0 Å². The first-order valence-electron chi connectivity index (χ1n) is 7.20. The number of ether oxygens (including phenoxy) is 2. The molecule has 2 rings (SSSR count). The number of fused-ring (bicyclic) bond motifs is 1. The van der Waals surface area contributed by atoms with Crippen LogP contribution in [0.5, 0.6) is 11.5 Å². The topological polar surface area (TPSA) is 67.8 Å². The zero-order chi connectivity index (χ0) is 15.5. The Bertz CT molecular complexity index is 507. The number of hydrogen-bond acceptors (Lipinski definition) is 4. The number of carboxylic acid groups (broad SMARTS) is 1. The standard InChI is InChI=1S/C16H23NO4/c1-16(2,3)7-6-12(15(18)19)17-9-11-4-5-13-14(8-11)21-10-20-13/h4-5,8,12,17H,6-7,9-10H2,1-3H3,(H,18,19)/t12-/m0/s1. The minimum atomic E-state index is -0.806. The van der Waals surface area contributed by atoms with Gasteiger partial charge < -0.3 is 19.9 Å². The Morgan fingerprint density at radius 3 is 2.71 bits per heavy atom. The molecule has 5 heteroatoms. The molecule has 0 bridgehead atoms. The van der Waals surface area contributed by atoms with Gasteiger partial charge in [-0.2, -0.15) is 0 Å². The molecule has 1 aliphatic rings. The first kappa shape index (κ1) is 15.6. The molecule has 1 atom stereocenters. The van der Waals surface area contributed by atoms with Gasteiger partial charge in [0.05, 0.1) is 0 Å². The van der Waals surface area contributed by atoms with Crippen LogP contribution < -0.4 is 14.8 Å². The molecule has 1 aliphatic heterocycles. The molecule has 0 fully saturated rings. The highest BCUT2D eigenvalue weighted by atomic mass is 16.7. The second-order valence-corrected chi connectivity index (χ2v) is 6.56. The van der Waals surface area contributed by atoms with Crippen molar-refractivity contribution >= 4 is 5.97 Å². The lowest BCUT2D eigenvalue weighted by Gasteiger charge is -2.21. The first-order chi connectivity index (χ1) is 9.85. The van der Waals surface area contributed by atoms with Crippen molar-refractivity contribution in [1.29, 1.82) is 0 Å². The first-order valence-corrected chi connectivity index (χ1v) is 7.20. The van der Waals surface area contributed by atoms with E-state index in [4.69, 9.17) is 9.47 Å². The highest BCUT2D eigenvalue weighted by Gasteiger charge is 2.21. The predicted octanol–water partition coefficient (Wildman–Crippen LogP) is 2.78. The number of benzene rings is 1. The smallest absolute Gasteiger partial charge is 0.320 e. The molecule has 0 spiro atoms. The van der Waals surface area contributed by atoms with Crippen LogP contribution in [0.2, 0.25) is 0 Å². The second-order valence-electron chi connectivity index (χ2n) is 6.56. The van der Waals surface area contributed by atoms with Gasteiger partial charge in [0, 0.05) is 6.54 Å². The van der Waals surface area contributed by atoms with Gasteiger partial charge in [-0.3, -0.25) is 4.79 Å². The highest BCUT2D eigenvalue weighted by molar-refractivity contribution is 5.73. The molecule has 1 aromatic rings. The van der Waals surface area contributed by atoms with Crippen LogP contribution in [0.25, 0.3) is 0 Å². The van der Waals surface area contributed by atoms with Crippen molar-refractivity contribution < 1.29 is 19.4 Å². The van der Waals surface area contributed by atoms with E-state index in [0.717, 1.165) is 23.5 Å². The fraction of sp³-hybridized carbons (Fsp3) is 0.562. The van der Waals surface area contributed by atoms with E-state index in [2.05, 4.69) is 26.1 Å². The normalized spacial score (nSPS) is 15.0. The van der Waals surface area contributed by atoms with Crippen LogP contribution >= 0.6 is 0 Å². The number of carbonyl (C=O) groups is 1. The van der Waals surface area contributed by atoms with Crippen LogP contribution in [-0.4, -0.2) is 23.9 Å². The summed E-state index contributed by atoms with van der Waals surface area (Å²) in [7, 11) is 0. The molecule has 0 radical (unpaired) electrons. The Hall–Kier alpha value is -1.75. The molecule has 1 aromatic carbocycles. The molecule has 0 amide bonds. The third kappa shape index (κ3) is 4.63. The maximum Gasteiger partial charge on any atom is 0.320 e. The number of nitrogens with one attached hydrogen (secondary N) is 1. The summed E-state index contributed by atoms with van der Waals surface area (Å²) in [6.45, 7) is 7.09. The molecule has 21 heavy (non-hydrogen) atoms. The van der Waals surface area contributed by atoms with E-state index >= 15 is 0 Å². The Labute approximate surface area is 125 Å². The molecule has 0 saturated carbocycles. The number of carboxylic acids is 1. The maximum absolute atomic E-state index is 11.3. The van der Waals surface area contributed by atoms with Gasteiger partial charge in [0.25, 0.3) is 0 Å². The summed E-state index contributed by atoms with van der Waals surface area (Å²) in [4.78, 5) is 11.3. The molecule has 116 valence electrons. The molecule has 0 aliphatic carbocycles. The van der Waals surface area contributed by atoms with Crippen LogP contribution in [-0.2, 0) is 11.3 Å². The lowest BCUT2D eigenvalue weighted by atomic mass is 9.88. The van der Waals surface area contributed by atoms with Crippen molar-refractivity contribution in [2.45, 2.75) is 46.2 Å². The van der Waals surface area contributed by atoms with E-state index in [1.807, 2.05) is 18.2 Å². The van der Waals surface area contributed by atoms with Gasteiger partial charge in [-0.15, -0.1) is 0 Å². The van der Waals surface area contributed by atoms with Crippen molar-refractivity contribution in [2.24, 2.45) is 5.41 Å². The van der Waals surface area contributed by atoms with Gasteiger partial charge >= 0.3 is 5.97 Å². The zero-order valence-corrected chi connectivity index (χ0v) is 12.8. The van der Waals surface area contributed by atoms with Crippen LogP contribution in [0.1, 0.15) is 39.2 Å². The molecule has 0 unspecified atom stereocenters. The number of rotatable bonds is 6. The fourth-order valence-corrected chi connectivity index (χ4v) is 2.18. The summed E-state index contributed by atoms with van der Waals surface area (Å²) < 4.78 is 10.6. The van der Waals surface area contributed by atoms with Gasteiger partial charge in [0.15, 0.2) is 11.5 Å². The fourth-order valence-electron chi connectivity index (χ4n) is 2.18. The van der Waals surface area contributed by atoms with Gasteiger partial charge in [0.1, 0.15) is 6.04 Å². The van der Waals surface area contributed by atoms with Crippen LogP contribution in [0.3, 0.4) is 0 Å². The van der Waals surface area contributed by atoms with Gasteiger partial charge in [-0.05, 0) is 36.0 Å². The average molecular weight is 293 g/mol. The average Bonchev–Trinajstić information content (AvgIpc) is 2.84. The van der Waals surface area contributed by atoms with E-state index in [1.54, 1.807) is 0 Å². The van der Waals surface area contributed by atoms with Gasteiger partial charge in [-0.25, -0.2) is 0 Å². The minimum absolute atomic E-state index is 0.133. The van der Waals surface area contributed by atoms with E-state index in [1.165, 1.54) is 0 Å². The lowest BCUT2D eigenvalue weighted by Crippen LogP contribution is -2.37. The maximum atomic E-state index is 11.3. The van der Waals surface area contributed by atoms with Crippen LogP contribution in [0, 0.1) is 5.41 Å². The Balaban J connectivity index is 1.91. The van der Waals surface area contributed by atoms with Crippen LogP contribution in [0.4, 0.5) is 0 Å². The number of hydrogen-bond donors (Lipinski definition) is 2. The summed E-state index contributed by atoms with van der Waals surface area (Å²) >= 11 is 0. The summed E-state index contributed by atoms with van der Waals surface area (Å²) in [5.74, 6) is 0.650. The Kier molecular flexibility index (Phi) is 4.73. The van der Waals surface area contributed by atoms with Crippen molar-refractivity contribution in [3.05, 3.63) is 23.8 Å². The molecule has 1 heterocycles. The van der Waals surface area contributed by atoms with Gasteiger partial charge in [-0.1, -0.05) is 26.8 Å². The van der Waals surface area contributed by atoms with Crippen molar-refractivity contribution in [3.63, 3.8) is 0 Å². The number of aliphatic carboxylic acids is 1. The Morgan fingerprint density at radius 1 is 1.33 bits per heavy atom. The molecule has 0 saturated heterocycles. The largest absolute Gasteiger partial charge is 0.480 e. The zero-order valence-electron chi connectivity index (χ0n) is 12.8. The molecular weight excluding hydrogens is 270 g/mol. The van der Waals surface area contributed by atoms with Gasteiger partial charge in [0.2, 0.25) is 6.79 Å². The van der Waals surface area contributed by atoms with Crippen LogP contribution in [0.15, 0.2) is 18.2 Å². The monoisotopic (exact) mass is 293 g/mol. The lowest BCUT2D eigenvalue weighted by molar-refractivity contribution is -0.139. The van der Waals surface area contributed by atoms with Crippen molar-refractivity contribution in [1.82, 2.24) is 5.32 Å². The summed E-state index contributed by atoms with van der Waals surface area (Å²) in [6.07, 6.45) is 1.47. The minimum Gasteiger partial charge on any atom is -0.480 e. The SMILES string of the molecule is CC(C)(C)CC[C@H](NCc1ccc2c(c1)OCO2)C(=O)O. The third-order valence-corrected chi connectivity index (χ3v) is 3.47. The Morgan fingerprint density at radius 2 is 2.05 bits per heavy atom. The second kappa shape index (κ2) is 6.35. The molecule has 5 nitrogen and oxygen atoms in total. The highest BCUT2D eigenvalue weighted by Crippen LogP contribution is 2.32. The summed E-state index contributed by atoms with van der Waals surface area (Å²) in [5, 5.41) is 12.4. The molecule has 0 aromatic heterocycles. The van der Waals surface area contributed by atoms with Crippen molar-refractivity contribution in [3.8, 4) is 11.5 Å². The molecule has 2 N–H and O–H groups in total. The summed E-state index contributed by atoms with van der Waals surface area (Å²) in [6, 6.07) is 5.13. The van der Waals surface area contributed by atoms with Crippen molar-refractivity contribution in [2.75, 3.05) is 6.79 Å². The van der Waals surface area contributed by atoms with E-state index in [-0.39, 0.29) is 12.2 Å². The van der Waals surface area contributed by atoms with E-state index in [9.17, 15) is 9.90 Å².